The average molecular weight is 1080 g/mol. The maximum absolute atomic E-state index is 11.4. The molecule has 0 aromatic heterocycles. The van der Waals surface area contributed by atoms with Gasteiger partial charge in [-0.15, -0.1) is 0 Å². The van der Waals surface area contributed by atoms with Gasteiger partial charge < -0.3 is 5.53 Å². The molecule has 0 aliphatic carbocycles. The van der Waals surface area contributed by atoms with Crippen LogP contribution < -0.4 is 0 Å². The first-order chi connectivity index (χ1) is 35.5. The molecule has 2 aromatic carbocycles. The van der Waals surface area contributed by atoms with Gasteiger partial charge >= 0.3 is 169 Å². The van der Waals surface area contributed by atoms with Crippen molar-refractivity contribution in [1.82, 2.24) is 0 Å². The summed E-state index contributed by atoms with van der Waals surface area (Å²) >= 11 is 1.06. The summed E-state index contributed by atoms with van der Waals surface area (Å²) < 4.78 is 1.47. The Balaban J connectivity index is 0.000000510. The summed E-state index contributed by atoms with van der Waals surface area (Å²) in [6.45, 7) is 13.5. The molecule has 416 valence electrons. The second kappa shape index (κ2) is 48.8. The Hall–Kier alpha value is -1.82. The molecule has 3 rings (SSSR count). The summed E-state index contributed by atoms with van der Waals surface area (Å²) in [4.78, 5) is 3.10. The van der Waals surface area contributed by atoms with E-state index < -0.39 is 0 Å². The second-order valence-corrected chi connectivity index (χ2v) is 24.7. The van der Waals surface area contributed by atoms with Gasteiger partial charge in [0.1, 0.15) is 0 Å². The summed E-state index contributed by atoms with van der Waals surface area (Å²) in [5, 5.41) is 0. The van der Waals surface area contributed by atoms with Crippen molar-refractivity contribution >= 4 is 11.4 Å². The number of hydrogen-bond donors (Lipinski definition) is 0. The summed E-state index contributed by atoms with van der Waals surface area (Å²) in [5.74, 6) is 0. The van der Waals surface area contributed by atoms with Gasteiger partial charge in [-0.3, -0.25) is 0 Å². The molecule has 1 aliphatic heterocycles. The maximum atomic E-state index is 11.4. The van der Waals surface area contributed by atoms with Gasteiger partial charge in [-0.25, -0.2) is 4.70 Å². The topological polar surface area (TPSA) is 25.3 Å². The summed E-state index contributed by atoms with van der Waals surface area (Å²) in [6.07, 6.45) is 63.7. The molecule has 2 aromatic rings. The van der Waals surface area contributed by atoms with E-state index in [1.165, 1.54) is 284 Å². The molecule has 0 bridgehead atoms. The van der Waals surface area contributed by atoms with Crippen molar-refractivity contribution in [2.75, 3.05) is 0 Å². The van der Waals surface area contributed by atoms with Crippen molar-refractivity contribution in [2.45, 2.75) is 340 Å². The van der Waals surface area contributed by atoms with Gasteiger partial charge in [-0.05, 0) is 80.8 Å². The minimum atomic E-state index is 0.943. The molecule has 0 fully saturated rings. The van der Waals surface area contributed by atoms with Crippen LogP contribution >= 0.6 is 0 Å². The average Bonchev–Trinajstić information content (AvgIpc) is 3.65. The van der Waals surface area contributed by atoms with E-state index in [4.69, 9.17) is 0 Å². The van der Waals surface area contributed by atoms with E-state index in [0.29, 0.717) is 0 Å². The third kappa shape index (κ3) is 33.3. The van der Waals surface area contributed by atoms with Crippen molar-refractivity contribution in [3.8, 4) is 0 Å². The number of nitrogens with zero attached hydrogens (tertiary/aromatic N) is 2. The van der Waals surface area contributed by atoms with Crippen LogP contribution in [0.5, 0.6) is 0 Å². The van der Waals surface area contributed by atoms with Crippen molar-refractivity contribution in [1.29, 1.82) is 0 Å². The minimum absolute atomic E-state index is 0.943. The van der Waals surface area contributed by atoms with E-state index >= 15 is 0 Å². The standard InChI is InChI=1S/C29H38N2.2C20H41.Pd/c1-5-8-13-23-15-11-17-25(20-23)28-22(4)27(19-10-7-3)29(31(28)30)26-18-12-16-24(21-26)14-9-6-2;2*1-3-5-7-9-11-13-15-17-19-20-18-16-14-12-10-8-6-4-2;/h11-12,15-18,20-21H,5-10,13-14,19H2,1-4H3;2*1,3-20H2,2H3;. The van der Waals surface area contributed by atoms with Gasteiger partial charge in [0, 0.05) is 22.3 Å². The van der Waals surface area contributed by atoms with Crippen molar-refractivity contribution in [2.24, 2.45) is 0 Å². The molecule has 0 amide bonds. The predicted octanol–water partition coefficient (Wildman–Crippen LogP) is 24.7. The molecule has 0 atom stereocenters. The van der Waals surface area contributed by atoms with Crippen LogP contribution in [0.1, 0.15) is 340 Å². The fraction of sp³-hybridized carbons (Fsp3) is 0.768. The molecule has 0 saturated heterocycles. The van der Waals surface area contributed by atoms with Crippen molar-refractivity contribution in [3.63, 3.8) is 0 Å². The number of aryl methyl sites for hydroxylation is 2. The Morgan fingerprint density at radius 3 is 0.931 bits per heavy atom. The number of benzene rings is 2. The third-order valence-electron chi connectivity index (χ3n) is 15.5. The van der Waals surface area contributed by atoms with Gasteiger partial charge in [-0.1, -0.05) is 168 Å². The van der Waals surface area contributed by atoms with Crippen molar-refractivity contribution in [3.05, 3.63) is 87.5 Å². The molecule has 1 heterocycles. The zero-order chi connectivity index (χ0) is 51.8. The van der Waals surface area contributed by atoms with Crippen LogP contribution in [0.3, 0.4) is 0 Å². The molecule has 1 aliphatic rings. The van der Waals surface area contributed by atoms with E-state index in [9.17, 15) is 5.53 Å². The van der Waals surface area contributed by atoms with Gasteiger partial charge in [0.15, 0.2) is 0 Å². The Kier molecular flexibility index (Phi) is 44.9. The third-order valence-corrected chi connectivity index (χ3v) is 17.7. The molecule has 0 unspecified atom stereocenters. The number of hydrogen-bond acceptors (Lipinski definition) is 0. The number of unbranched alkanes of at least 4 members (excludes halogenated alkanes) is 37. The SMILES string of the molecule is CCCCC1=C(c2cccc(CCCC)c2)[N+](=[N-])C(c2cccc(CCCC)c2)=C1C.CCCCCCCCCCCCCCCCCCC[CH2][Pd][CH2]CCCCCCCCCCCCCCCCCCC. The van der Waals surface area contributed by atoms with Crippen LogP contribution in [0.2, 0.25) is 9.79 Å². The van der Waals surface area contributed by atoms with Gasteiger partial charge in [-0.2, -0.15) is 0 Å². The first-order valence-corrected chi connectivity index (χ1v) is 34.3. The first-order valence-electron chi connectivity index (χ1n) is 32.1. The van der Waals surface area contributed by atoms with Gasteiger partial charge in [0.25, 0.3) is 0 Å². The first kappa shape index (κ1) is 66.3. The molecule has 0 spiro atoms. The Morgan fingerprint density at radius 1 is 0.333 bits per heavy atom. The van der Waals surface area contributed by atoms with Gasteiger partial charge in [0.05, 0.1) is 0 Å². The number of allylic oxidation sites excluding steroid dienone is 2. The molecular weight excluding hydrogens is 963 g/mol. The Labute approximate surface area is 459 Å². The van der Waals surface area contributed by atoms with E-state index in [2.05, 4.69) is 90.1 Å². The fourth-order valence-electron chi connectivity index (χ4n) is 10.7. The predicted molar refractivity (Wildman–Crippen MR) is 320 cm³/mol. The van der Waals surface area contributed by atoms with Crippen LogP contribution in [-0.4, -0.2) is 4.70 Å². The van der Waals surface area contributed by atoms with Crippen LogP contribution in [0.15, 0.2) is 59.7 Å². The number of rotatable bonds is 49. The second-order valence-electron chi connectivity index (χ2n) is 22.3. The zero-order valence-corrected chi connectivity index (χ0v) is 50.6. The molecule has 72 heavy (non-hydrogen) atoms. The smallest absolute Gasteiger partial charge is 0.0654 e. The van der Waals surface area contributed by atoms with E-state index in [1.54, 1.807) is 9.79 Å². The van der Waals surface area contributed by atoms with Crippen molar-refractivity contribution < 1.29 is 22.7 Å². The molecule has 0 N–H and O–H groups in total. The Morgan fingerprint density at radius 2 is 0.611 bits per heavy atom. The van der Waals surface area contributed by atoms with E-state index in [1.807, 2.05) is 0 Å². The summed E-state index contributed by atoms with van der Waals surface area (Å²) in [7, 11) is 0. The summed E-state index contributed by atoms with van der Waals surface area (Å²) in [6, 6.07) is 17.5. The molecule has 2 nitrogen and oxygen atoms in total. The van der Waals surface area contributed by atoms with Crippen LogP contribution in [0.25, 0.3) is 16.9 Å². The zero-order valence-electron chi connectivity index (χ0n) is 49.1. The van der Waals surface area contributed by atoms with Crippen LogP contribution in [-0.2, 0) is 30.8 Å². The minimum Gasteiger partial charge on any atom is -0.0654 e. The fourth-order valence-corrected chi connectivity index (χ4v) is 12.7. The van der Waals surface area contributed by atoms with Gasteiger partial charge in [0.2, 0.25) is 11.4 Å². The Bertz CT molecular complexity index is 1580. The molecule has 3 heteroatoms. The van der Waals surface area contributed by atoms with E-state index in [0.717, 1.165) is 72.6 Å². The monoisotopic (exact) mass is 1080 g/mol. The molecule has 0 radical (unpaired) electrons. The van der Waals surface area contributed by atoms with E-state index in [-0.39, 0.29) is 0 Å². The van der Waals surface area contributed by atoms with Crippen LogP contribution in [0, 0.1) is 0 Å². The summed E-state index contributed by atoms with van der Waals surface area (Å²) in [5.41, 5.74) is 20.8. The quantitative estimate of drug-likeness (QED) is 0.0358. The normalized spacial score (nSPS) is 12.7. The molecular formula is C69H120N2Pd. The van der Waals surface area contributed by atoms with Crippen LogP contribution in [0.4, 0.5) is 0 Å². The molecule has 0 saturated carbocycles.